The molecule has 1 fully saturated rings. The first kappa shape index (κ1) is 24.5. The quantitative estimate of drug-likeness (QED) is 0.335. The number of benzene rings is 2. The Balaban J connectivity index is 1.49. The molecule has 6 nitrogen and oxygen atoms in total. The Labute approximate surface area is 195 Å². The molecular formula is C27H33NO5. The lowest BCUT2D eigenvalue weighted by molar-refractivity contribution is -0.137. The van der Waals surface area contributed by atoms with E-state index in [1.54, 1.807) is 6.08 Å². The summed E-state index contributed by atoms with van der Waals surface area (Å²) in [6.45, 7) is 1.13. The third-order valence-corrected chi connectivity index (χ3v) is 5.88. The number of hydrogen-bond acceptors (Lipinski definition) is 4. The van der Waals surface area contributed by atoms with E-state index >= 15 is 0 Å². The molecule has 1 amide bonds. The first-order valence-corrected chi connectivity index (χ1v) is 11.7. The van der Waals surface area contributed by atoms with Gasteiger partial charge in [0.1, 0.15) is 12.4 Å². The van der Waals surface area contributed by atoms with Gasteiger partial charge in [-0.1, -0.05) is 67.5 Å². The number of carbonyl (C=O) groups excluding carboxylic acids is 1. The van der Waals surface area contributed by atoms with Gasteiger partial charge in [0, 0.05) is 19.4 Å². The zero-order chi connectivity index (χ0) is 23.5. The van der Waals surface area contributed by atoms with E-state index in [1.165, 1.54) is 0 Å². The fourth-order valence-corrected chi connectivity index (χ4v) is 4.03. The van der Waals surface area contributed by atoms with Crippen molar-refractivity contribution in [3.63, 3.8) is 0 Å². The lowest BCUT2D eigenvalue weighted by Crippen LogP contribution is -2.32. The summed E-state index contributed by atoms with van der Waals surface area (Å²) < 4.78 is 5.86. The van der Waals surface area contributed by atoms with Crippen LogP contribution in [0.4, 0.5) is 0 Å². The second kappa shape index (κ2) is 12.8. The van der Waals surface area contributed by atoms with Crippen molar-refractivity contribution >= 4 is 11.9 Å². The Morgan fingerprint density at radius 3 is 2.67 bits per heavy atom. The van der Waals surface area contributed by atoms with Crippen LogP contribution in [0.25, 0.3) is 0 Å². The number of likely N-dealkylation sites (tertiary alicyclic amines) is 1. The second-order valence-corrected chi connectivity index (χ2v) is 8.43. The van der Waals surface area contributed by atoms with Crippen LogP contribution in [0, 0.1) is 0 Å². The van der Waals surface area contributed by atoms with Crippen molar-refractivity contribution in [1.82, 2.24) is 4.90 Å². The minimum atomic E-state index is -0.779. The van der Waals surface area contributed by atoms with Gasteiger partial charge < -0.3 is 19.8 Å². The molecule has 33 heavy (non-hydrogen) atoms. The number of ether oxygens (including phenoxy) is 1. The van der Waals surface area contributed by atoms with Gasteiger partial charge in [-0.15, -0.1) is 0 Å². The van der Waals surface area contributed by atoms with Gasteiger partial charge in [-0.05, 0) is 42.5 Å². The van der Waals surface area contributed by atoms with Crippen LogP contribution in [0.2, 0.25) is 0 Å². The lowest BCUT2D eigenvalue weighted by atomic mass is 10.1. The number of carbonyl (C=O) groups is 2. The topological polar surface area (TPSA) is 87.1 Å². The Morgan fingerprint density at radius 2 is 1.88 bits per heavy atom. The van der Waals surface area contributed by atoms with Crippen LogP contribution in [-0.4, -0.2) is 39.6 Å². The van der Waals surface area contributed by atoms with E-state index in [9.17, 15) is 14.7 Å². The summed E-state index contributed by atoms with van der Waals surface area (Å²) in [4.78, 5) is 24.7. The highest BCUT2D eigenvalue weighted by Crippen LogP contribution is 2.25. The second-order valence-electron chi connectivity index (χ2n) is 8.43. The number of amides is 1. The fourth-order valence-electron chi connectivity index (χ4n) is 4.03. The van der Waals surface area contributed by atoms with Crippen LogP contribution >= 0.6 is 0 Å². The summed E-state index contributed by atoms with van der Waals surface area (Å²) >= 11 is 0. The molecule has 0 bridgehead atoms. The number of rotatable bonds is 13. The van der Waals surface area contributed by atoms with E-state index in [2.05, 4.69) is 0 Å². The molecule has 0 saturated carbocycles. The van der Waals surface area contributed by atoms with Crippen molar-refractivity contribution in [3.05, 3.63) is 77.9 Å². The van der Waals surface area contributed by atoms with Gasteiger partial charge in [-0.2, -0.15) is 0 Å². The van der Waals surface area contributed by atoms with Crippen LogP contribution in [0.15, 0.2) is 66.7 Å². The number of aliphatic hydroxyl groups is 1. The Morgan fingerprint density at radius 1 is 1.09 bits per heavy atom. The van der Waals surface area contributed by atoms with Gasteiger partial charge >= 0.3 is 5.97 Å². The average Bonchev–Trinajstić information content (AvgIpc) is 3.18. The van der Waals surface area contributed by atoms with Crippen LogP contribution in [0.3, 0.4) is 0 Å². The third kappa shape index (κ3) is 8.06. The van der Waals surface area contributed by atoms with Crippen molar-refractivity contribution in [2.24, 2.45) is 0 Å². The molecule has 0 spiro atoms. The summed E-state index contributed by atoms with van der Waals surface area (Å²) in [5.74, 6) is 0.0760. The monoisotopic (exact) mass is 451 g/mol. The van der Waals surface area contributed by atoms with Crippen molar-refractivity contribution in [2.45, 2.75) is 63.7 Å². The van der Waals surface area contributed by atoms with E-state index in [0.717, 1.165) is 36.8 Å². The van der Waals surface area contributed by atoms with Gasteiger partial charge in [-0.25, -0.2) is 0 Å². The maximum Gasteiger partial charge on any atom is 0.303 e. The van der Waals surface area contributed by atoms with Crippen molar-refractivity contribution in [3.8, 4) is 5.75 Å². The molecule has 2 aromatic rings. The maximum absolute atomic E-state index is 12.3. The normalized spacial score (nSPS) is 16.9. The number of nitrogens with zero attached hydrogens (tertiary/aromatic N) is 1. The van der Waals surface area contributed by atoms with Crippen molar-refractivity contribution in [2.75, 3.05) is 6.54 Å². The third-order valence-electron chi connectivity index (χ3n) is 5.88. The molecular weight excluding hydrogens is 418 g/mol. The number of hydrogen-bond donors (Lipinski definition) is 2. The molecule has 2 N–H and O–H groups in total. The molecule has 176 valence electrons. The molecule has 2 aromatic carbocycles. The largest absolute Gasteiger partial charge is 0.489 e. The first-order chi connectivity index (χ1) is 16.0. The fraction of sp³-hybridized carbons (Fsp3) is 0.407. The van der Waals surface area contributed by atoms with E-state index in [0.29, 0.717) is 31.7 Å². The van der Waals surface area contributed by atoms with Crippen molar-refractivity contribution in [1.29, 1.82) is 0 Å². The lowest BCUT2D eigenvalue weighted by Gasteiger charge is -2.22. The highest BCUT2D eigenvalue weighted by atomic mass is 16.5. The minimum absolute atomic E-state index is 0.0105. The van der Waals surface area contributed by atoms with Gasteiger partial charge in [0.2, 0.25) is 5.91 Å². The number of unbranched alkanes of at least 4 members (excludes halogenated alkanes) is 3. The molecule has 1 saturated heterocycles. The number of carboxylic acids is 1. The zero-order valence-electron chi connectivity index (χ0n) is 18.9. The molecule has 1 unspecified atom stereocenters. The molecule has 0 aliphatic carbocycles. The Hall–Kier alpha value is -3.12. The Bertz CT molecular complexity index is 927. The smallest absolute Gasteiger partial charge is 0.303 e. The molecule has 1 aliphatic rings. The molecule has 1 aliphatic heterocycles. The average molecular weight is 452 g/mol. The minimum Gasteiger partial charge on any atom is -0.489 e. The van der Waals surface area contributed by atoms with E-state index in [1.807, 2.05) is 65.6 Å². The van der Waals surface area contributed by atoms with Crippen LogP contribution in [0.5, 0.6) is 5.75 Å². The maximum atomic E-state index is 12.3. The molecule has 1 heterocycles. The number of aliphatic hydroxyl groups excluding tert-OH is 1. The summed E-state index contributed by atoms with van der Waals surface area (Å²) in [6.07, 6.45) is 7.67. The van der Waals surface area contributed by atoms with Gasteiger partial charge in [0.05, 0.1) is 12.1 Å². The van der Waals surface area contributed by atoms with Crippen molar-refractivity contribution < 1.29 is 24.5 Å². The number of carboxylic acid groups (broad SMARTS) is 1. The van der Waals surface area contributed by atoms with E-state index < -0.39 is 12.1 Å². The molecule has 6 heteroatoms. The number of aliphatic carboxylic acids is 1. The molecule has 2 atom stereocenters. The Kier molecular flexibility index (Phi) is 9.51. The van der Waals surface area contributed by atoms with Gasteiger partial charge in [0.25, 0.3) is 0 Å². The summed E-state index contributed by atoms with van der Waals surface area (Å²) in [5.41, 5.74) is 1.82. The highest BCUT2D eigenvalue weighted by Gasteiger charge is 2.28. The first-order valence-electron chi connectivity index (χ1n) is 11.7. The summed E-state index contributed by atoms with van der Waals surface area (Å²) in [5, 5.41) is 19.4. The zero-order valence-corrected chi connectivity index (χ0v) is 18.9. The van der Waals surface area contributed by atoms with Crippen LogP contribution < -0.4 is 4.74 Å². The molecule has 3 rings (SSSR count). The predicted octanol–water partition coefficient (Wildman–Crippen LogP) is 4.88. The van der Waals surface area contributed by atoms with E-state index in [4.69, 9.17) is 9.84 Å². The van der Waals surface area contributed by atoms with E-state index in [-0.39, 0.29) is 18.4 Å². The summed E-state index contributed by atoms with van der Waals surface area (Å²) in [6, 6.07) is 17.3. The van der Waals surface area contributed by atoms with Crippen LogP contribution in [-0.2, 0) is 16.2 Å². The van der Waals surface area contributed by atoms with Gasteiger partial charge in [0.15, 0.2) is 0 Å². The standard InChI is InChI=1S/C27H33NO5/c29-25(22-11-8-12-24(19-22)33-20-21-9-4-3-5-10-21)16-14-23-15-17-26(30)28(23)18-7-2-1-6-13-27(31)32/h3-5,8-12,14,16,19,23,25,29H,1-2,6-7,13,15,17-18,20H2,(H,31,32)/b16-14+/t23-,25?/m0/s1. The van der Waals surface area contributed by atoms with Gasteiger partial charge in [-0.3, -0.25) is 9.59 Å². The van der Waals surface area contributed by atoms with Crippen LogP contribution in [0.1, 0.15) is 62.2 Å². The highest BCUT2D eigenvalue weighted by molar-refractivity contribution is 5.79. The SMILES string of the molecule is O=C(O)CCCCCCN1C(=O)CC[C@@H]1/C=C/C(O)c1cccc(OCc2ccccc2)c1. The summed E-state index contributed by atoms with van der Waals surface area (Å²) in [7, 11) is 0. The predicted molar refractivity (Wildman–Crippen MR) is 127 cm³/mol. The molecule has 0 aromatic heterocycles. The molecule has 0 radical (unpaired) electrons.